The molecule has 0 saturated carbocycles. The van der Waals surface area contributed by atoms with Crippen molar-refractivity contribution in [1.82, 2.24) is 4.90 Å². The third-order valence-corrected chi connectivity index (χ3v) is 9.66. The number of halogens is 1. The van der Waals surface area contributed by atoms with Crippen LogP contribution in [0.5, 0.6) is 5.75 Å². The molecule has 1 N–H and O–H groups in total. The third kappa shape index (κ3) is 4.64. The molecule has 2 fully saturated rings. The van der Waals surface area contributed by atoms with Crippen molar-refractivity contribution in [3.8, 4) is 5.75 Å². The van der Waals surface area contributed by atoms with E-state index in [0.717, 1.165) is 0 Å². The molecule has 1 unspecified atom stereocenters. The molecule has 0 aromatic heterocycles. The summed E-state index contributed by atoms with van der Waals surface area (Å²) in [6, 6.07) is 12.5. The topological polar surface area (TPSA) is 99.6 Å². The lowest BCUT2D eigenvalue weighted by Crippen LogP contribution is -2.59. The Balaban J connectivity index is 1.47. The summed E-state index contributed by atoms with van der Waals surface area (Å²) in [5, 5.41) is 11.1. The summed E-state index contributed by atoms with van der Waals surface area (Å²) in [6.07, 6.45) is 7.39. The van der Waals surface area contributed by atoms with E-state index in [-0.39, 0.29) is 36.8 Å². The van der Waals surface area contributed by atoms with Gasteiger partial charge in [-0.05, 0) is 68.3 Å². The lowest BCUT2D eigenvalue weighted by molar-refractivity contribution is -0.149. The van der Waals surface area contributed by atoms with Gasteiger partial charge in [-0.2, -0.15) is 0 Å². The summed E-state index contributed by atoms with van der Waals surface area (Å²) in [5.74, 6) is -2.35. The molecule has 4 aliphatic rings. The number of hydrogen-bond acceptors (Lipinski definition) is 6. The molecule has 0 radical (unpaired) electrons. The lowest BCUT2D eigenvalue weighted by Gasteiger charge is -2.41. The smallest absolute Gasteiger partial charge is 0.253 e. The summed E-state index contributed by atoms with van der Waals surface area (Å²) in [7, 11) is 0. The Hall–Kier alpha value is -3.66. The Morgan fingerprint density at radius 1 is 0.909 bits per heavy atom. The number of fused-ring (bicyclic) bond motifs is 2. The van der Waals surface area contributed by atoms with Crippen molar-refractivity contribution < 1.29 is 29.0 Å². The molecule has 9 nitrogen and oxygen atoms in total. The maximum atomic E-state index is 14.7. The zero-order valence-electron chi connectivity index (χ0n) is 25.4. The standard InChI is InChI=1S/C34H38ClN3O6/c1-5-43-25-14-12-24(13-15-25)36-18-6-16-33(4)27(30(36)40)28-31(41)38(26(20-39)21(2)3)29-32(42)37(19-7-17-34(28,29)44-33)23-10-8-22(35)9-11-23/h6-17,21,26-29,39H,5,18-20H2,1-4H3/t26-,27+,28-,29?,33-,34-/m0/s1. The van der Waals surface area contributed by atoms with Gasteiger partial charge in [0.2, 0.25) is 11.8 Å². The van der Waals surface area contributed by atoms with Crippen LogP contribution in [0.25, 0.3) is 0 Å². The minimum absolute atomic E-state index is 0.166. The van der Waals surface area contributed by atoms with Crippen LogP contribution in [0.2, 0.25) is 5.02 Å². The van der Waals surface area contributed by atoms with E-state index in [4.69, 9.17) is 21.1 Å². The van der Waals surface area contributed by atoms with Gasteiger partial charge in [0.25, 0.3) is 5.91 Å². The van der Waals surface area contributed by atoms with E-state index in [0.29, 0.717) is 35.3 Å². The largest absolute Gasteiger partial charge is 0.494 e. The number of aliphatic hydroxyl groups excluding tert-OH is 1. The predicted molar refractivity (Wildman–Crippen MR) is 168 cm³/mol. The number of carbonyl (C=O) groups is 3. The quantitative estimate of drug-likeness (QED) is 0.466. The molecule has 4 heterocycles. The van der Waals surface area contributed by atoms with Crippen LogP contribution < -0.4 is 14.5 Å². The van der Waals surface area contributed by atoms with Crippen molar-refractivity contribution >= 4 is 40.7 Å². The van der Waals surface area contributed by atoms with E-state index in [2.05, 4.69) is 0 Å². The van der Waals surface area contributed by atoms with Crippen molar-refractivity contribution in [2.45, 2.75) is 51.0 Å². The minimum atomic E-state index is -1.43. The van der Waals surface area contributed by atoms with E-state index < -0.39 is 35.1 Å². The summed E-state index contributed by atoms with van der Waals surface area (Å²) in [5.41, 5.74) is -1.30. The van der Waals surface area contributed by atoms with Gasteiger partial charge in [-0.15, -0.1) is 0 Å². The van der Waals surface area contributed by atoms with Gasteiger partial charge in [0.1, 0.15) is 17.4 Å². The summed E-state index contributed by atoms with van der Waals surface area (Å²) in [4.78, 5) is 48.7. The van der Waals surface area contributed by atoms with E-state index in [1.54, 1.807) is 34.1 Å². The average Bonchev–Trinajstić information content (AvgIpc) is 3.26. The normalized spacial score (nSPS) is 30.3. The number of benzene rings is 2. The molecule has 6 rings (SSSR count). The number of aliphatic hydroxyl groups is 1. The molecule has 6 atom stereocenters. The van der Waals surface area contributed by atoms with Crippen LogP contribution in [0.15, 0.2) is 72.8 Å². The summed E-state index contributed by atoms with van der Waals surface area (Å²) >= 11 is 6.14. The summed E-state index contributed by atoms with van der Waals surface area (Å²) in [6.45, 7) is 8.27. The highest BCUT2D eigenvalue weighted by Gasteiger charge is 2.75. The van der Waals surface area contributed by atoms with Crippen LogP contribution in [-0.2, 0) is 19.1 Å². The Morgan fingerprint density at radius 3 is 2.09 bits per heavy atom. The van der Waals surface area contributed by atoms with Gasteiger partial charge in [0, 0.05) is 29.5 Å². The van der Waals surface area contributed by atoms with Crippen molar-refractivity contribution in [2.24, 2.45) is 17.8 Å². The maximum absolute atomic E-state index is 14.7. The van der Waals surface area contributed by atoms with Gasteiger partial charge in [0.15, 0.2) is 0 Å². The number of anilines is 2. The number of nitrogens with zero attached hydrogens (tertiary/aromatic N) is 3. The molecular formula is C34H38ClN3O6. The van der Waals surface area contributed by atoms with Crippen molar-refractivity contribution in [3.63, 3.8) is 0 Å². The first kappa shape index (κ1) is 30.4. The monoisotopic (exact) mass is 619 g/mol. The fourth-order valence-corrected chi connectivity index (χ4v) is 7.54. The second-order valence-electron chi connectivity index (χ2n) is 12.3. The number of rotatable bonds is 7. The highest BCUT2D eigenvalue weighted by Crippen LogP contribution is 2.58. The number of likely N-dealkylation sites (tertiary alicyclic amines) is 1. The number of ether oxygens (including phenoxy) is 2. The van der Waals surface area contributed by atoms with Crippen molar-refractivity contribution in [2.75, 3.05) is 36.1 Å². The highest BCUT2D eigenvalue weighted by atomic mass is 35.5. The molecule has 2 saturated heterocycles. The van der Waals surface area contributed by atoms with Crippen molar-refractivity contribution in [1.29, 1.82) is 0 Å². The van der Waals surface area contributed by atoms with Crippen LogP contribution in [0.3, 0.4) is 0 Å². The molecule has 44 heavy (non-hydrogen) atoms. The van der Waals surface area contributed by atoms with Gasteiger partial charge in [0.05, 0.1) is 36.7 Å². The Kier molecular flexibility index (Phi) is 7.84. The highest BCUT2D eigenvalue weighted by molar-refractivity contribution is 6.30. The van der Waals surface area contributed by atoms with Crippen molar-refractivity contribution in [3.05, 3.63) is 77.9 Å². The Labute approximate surface area is 262 Å². The zero-order chi connectivity index (χ0) is 31.4. The van der Waals surface area contributed by atoms with Gasteiger partial charge in [-0.3, -0.25) is 14.4 Å². The van der Waals surface area contributed by atoms with E-state index in [1.807, 2.05) is 76.3 Å². The molecule has 10 heteroatoms. The molecule has 2 aromatic rings. The molecule has 3 amide bonds. The Morgan fingerprint density at radius 2 is 1.50 bits per heavy atom. The van der Waals surface area contributed by atoms with Crippen LogP contribution in [0, 0.1) is 17.8 Å². The number of amides is 3. The molecule has 0 bridgehead atoms. The first-order chi connectivity index (χ1) is 21.1. The second kappa shape index (κ2) is 11.4. The molecule has 232 valence electrons. The van der Waals surface area contributed by atoms with E-state index in [9.17, 15) is 19.5 Å². The lowest BCUT2D eigenvalue weighted by atomic mass is 9.74. The average molecular weight is 620 g/mol. The summed E-state index contributed by atoms with van der Waals surface area (Å²) < 4.78 is 12.5. The first-order valence-electron chi connectivity index (χ1n) is 15.2. The van der Waals surface area contributed by atoms with Gasteiger partial charge in [-0.1, -0.05) is 49.8 Å². The predicted octanol–water partition coefficient (Wildman–Crippen LogP) is 4.23. The molecular weight excluding hydrogens is 582 g/mol. The van der Waals surface area contributed by atoms with Gasteiger partial charge >= 0.3 is 0 Å². The number of hydrogen-bond donors (Lipinski definition) is 1. The van der Waals surface area contributed by atoms with Crippen LogP contribution in [0.1, 0.15) is 27.7 Å². The fraction of sp³-hybridized carbons (Fsp3) is 0.441. The molecule has 2 aromatic carbocycles. The molecule has 1 spiro atoms. The molecule has 4 aliphatic heterocycles. The SMILES string of the molecule is CCOc1ccc(N2CC=C[C@]3(C)O[C@]45C=CCN(c6ccc(Cl)cc6)C(=O)C4N([C@@H](CO)C(C)C)C(=O)[C@@H]5[C@@H]3C2=O)cc1. The Bertz CT molecular complexity index is 1510. The van der Waals surface area contributed by atoms with Crippen LogP contribution in [-0.4, -0.2) is 77.3 Å². The second-order valence-corrected chi connectivity index (χ2v) is 12.8. The molecule has 0 aliphatic carbocycles. The van der Waals surface area contributed by atoms with E-state index in [1.165, 1.54) is 4.90 Å². The first-order valence-corrected chi connectivity index (χ1v) is 15.5. The van der Waals surface area contributed by atoms with Crippen LogP contribution >= 0.6 is 11.6 Å². The maximum Gasteiger partial charge on any atom is 0.253 e. The number of carbonyl (C=O) groups excluding carboxylic acids is 3. The van der Waals surface area contributed by atoms with Crippen LogP contribution in [0.4, 0.5) is 11.4 Å². The zero-order valence-corrected chi connectivity index (χ0v) is 26.1. The fourth-order valence-electron chi connectivity index (χ4n) is 7.41. The van der Waals surface area contributed by atoms with Gasteiger partial charge < -0.3 is 29.3 Å². The van der Waals surface area contributed by atoms with E-state index >= 15 is 0 Å². The minimum Gasteiger partial charge on any atom is -0.494 e. The van der Waals surface area contributed by atoms with Gasteiger partial charge in [-0.25, -0.2) is 0 Å². The third-order valence-electron chi connectivity index (χ3n) is 9.41.